The lowest BCUT2D eigenvalue weighted by Gasteiger charge is -2.31. The SMILES string of the molecule is CCNC(=O)[C@H]1O[C@@H](n2cnc3c(N)nc(CC4CCN(C(=O)OCc5ccccc5)CC4)nc32)C(O)[C@H]1O. The lowest BCUT2D eigenvalue weighted by Crippen LogP contribution is -2.42. The molecule has 5 rings (SSSR count). The number of likely N-dealkylation sites (N-methyl/N-ethyl adjacent to an activating group) is 1. The Hall–Kier alpha value is -3.81. The molecular formula is C26H33N7O6. The molecule has 2 saturated heterocycles. The highest BCUT2D eigenvalue weighted by atomic mass is 16.6. The number of amides is 2. The molecule has 4 heterocycles. The van der Waals surface area contributed by atoms with Crippen LogP contribution in [0.5, 0.6) is 0 Å². The van der Waals surface area contributed by atoms with Crippen LogP contribution in [0.1, 0.15) is 37.4 Å². The van der Waals surface area contributed by atoms with E-state index in [-0.39, 0.29) is 24.4 Å². The monoisotopic (exact) mass is 539 g/mol. The fourth-order valence-electron chi connectivity index (χ4n) is 5.03. The Labute approximate surface area is 224 Å². The van der Waals surface area contributed by atoms with Gasteiger partial charge in [-0.05, 0) is 31.2 Å². The summed E-state index contributed by atoms with van der Waals surface area (Å²) < 4.78 is 12.6. The van der Waals surface area contributed by atoms with E-state index in [0.717, 1.165) is 18.4 Å². The minimum absolute atomic E-state index is 0.184. The Morgan fingerprint density at radius 2 is 1.90 bits per heavy atom. The molecule has 4 atom stereocenters. The van der Waals surface area contributed by atoms with E-state index in [9.17, 15) is 19.8 Å². The summed E-state index contributed by atoms with van der Waals surface area (Å²) in [5.41, 5.74) is 7.80. The van der Waals surface area contributed by atoms with Crippen LogP contribution in [0.2, 0.25) is 0 Å². The summed E-state index contributed by atoms with van der Waals surface area (Å²) in [5.74, 6) is 0.402. The second kappa shape index (κ2) is 11.5. The smallest absolute Gasteiger partial charge is 0.410 e. The largest absolute Gasteiger partial charge is 0.445 e. The maximum absolute atomic E-state index is 12.5. The molecule has 2 aromatic heterocycles. The number of rotatable bonds is 7. The van der Waals surface area contributed by atoms with Crippen LogP contribution in [0.25, 0.3) is 11.2 Å². The van der Waals surface area contributed by atoms with Gasteiger partial charge < -0.3 is 35.6 Å². The summed E-state index contributed by atoms with van der Waals surface area (Å²) in [6.45, 7) is 3.48. The first-order valence-corrected chi connectivity index (χ1v) is 13.1. The van der Waals surface area contributed by atoms with Gasteiger partial charge in [0.25, 0.3) is 5.91 Å². The molecule has 208 valence electrons. The van der Waals surface area contributed by atoms with E-state index in [0.29, 0.717) is 43.0 Å². The molecule has 2 aliphatic heterocycles. The first kappa shape index (κ1) is 26.8. The van der Waals surface area contributed by atoms with Gasteiger partial charge in [0.15, 0.2) is 23.8 Å². The minimum atomic E-state index is -1.41. The number of fused-ring (bicyclic) bond motifs is 1. The number of ether oxygens (including phenoxy) is 2. The number of carbonyl (C=O) groups is 2. The number of carbonyl (C=O) groups excluding carboxylic acids is 2. The number of hydrogen-bond acceptors (Lipinski definition) is 10. The third-order valence-electron chi connectivity index (χ3n) is 7.17. The van der Waals surface area contributed by atoms with Crippen LogP contribution in [-0.4, -0.2) is 84.6 Å². The van der Waals surface area contributed by atoms with Crippen molar-refractivity contribution < 1.29 is 29.3 Å². The zero-order chi connectivity index (χ0) is 27.5. The van der Waals surface area contributed by atoms with Crippen molar-refractivity contribution in [3.63, 3.8) is 0 Å². The van der Waals surface area contributed by atoms with Gasteiger partial charge in [-0.2, -0.15) is 0 Å². The number of nitrogens with one attached hydrogen (secondary N) is 1. The molecule has 0 radical (unpaired) electrons. The van der Waals surface area contributed by atoms with E-state index in [1.165, 1.54) is 10.9 Å². The number of likely N-dealkylation sites (tertiary alicyclic amines) is 1. The topological polar surface area (TPSA) is 178 Å². The van der Waals surface area contributed by atoms with E-state index in [4.69, 9.17) is 15.2 Å². The first-order valence-electron chi connectivity index (χ1n) is 13.1. The number of aliphatic hydroxyl groups is 2. The molecule has 2 amide bonds. The van der Waals surface area contributed by atoms with Crippen LogP contribution >= 0.6 is 0 Å². The quantitative estimate of drug-likeness (QED) is 0.335. The van der Waals surface area contributed by atoms with Gasteiger partial charge in [-0.3, -0.25) is 9.36 Å². The molecule has 1 aromatic carbocycles. The number of aliphatic hydroxyl groups excluding tert-OH is 2. The van der Waals surface area contributed by atoms with Crippen LogP contribution in [0.3, 0.4) is 0 Å². The number of piperidine rings is 1. The number of nitrogens with two attached hydrogens (primary N) is 1. The standard InChI is InChI=1S/C26H33N7O6/c1-2-28-24(36)21-19(34)20(35)25(39-21)33-14-29-18-22(27)30-17(31-23(18)33)12-15-8-10-32(11-9-15)26(37)38-13-16-6-4-3-5-7-16/h3-7,14-15,19-21,25,34-35H,2,8-13H2,1H3,(H,28,36)(H2,27,30,31)/t19-,20?,21+,25-/m1/s1. The number of nitrogens with zero attached hydrogens (tertiary/aromatic N) is 5. The summed E-state index contributed by atoms with van der Waals surface area (Å²) in [5, 5.41) is 23.6. The average molecular weight is 540 g/mol. The summed E-state index contributed by atoms with van der Waals surface area (Å²) in [6, 6.07) is 9.55. The van der Waals surface area contributed by atoms with Gasteiger partial charge in [0.05, 0.1) is 6.33 Å². The third kappa shape index (κ3) is 5.65. The number of imidazole rings is 1. The van der Waals surface area contributed by atoms with Crippen molar-refractivity contribution in [1.82, 2.24) is 29.7 Å². The Kier molecular flexibility index (Phi) is 7.91. The molecule has 13 heteroatoms. The van der Waals surface area contributed by atoms with Crippen LogP contribution in [-0.2, 0) is 27.3 Å². The molecule has 0 spiro atoms. The molecule has 2 aliphatic rings. The fraction of sp³-hybridized carbons (Fsp3) is 0.500. The molecule has 39 heavy (non-hydrogen) atoms. The molecule has 0 aliphatic carbocycles. The van der Waals surface area contributed by atoms with Gasteiger partial charge >= 0.3 is 6.09 Å². The maximum Gasteiger partial charge on any atom is 0.410 e. The Morgan fingerprint density at radius 3 is 2.62 bits per heavy atom. The Bertz CT molecular complexity index is 1310. The van der Waals surface area contributed by atoms with E-state index in [1.54, 1.807) is 11.8 Å². The van der Waals surface area contributed by atoms with Crippen molar-refractivity contribution in [2.45, 2.75) is 57.3 Å². The highest BCUT2D eigenvalue weighted by Crippen LogP contribution is 2.32. The average Bonchev–Trinajstić information content (AvgIpc) is 3.49. The second-order valence-corrected chi connectivity index (χ2v) is 9.85. The van der Waals surface area contributed by atoms with Gasteiger partial charge in [-0.15, -0.1) is 0 Å². The highest BCUT2D eigenvalue weighted by molar-refractivity contribution is 5.83. The van der Waals surface area contributed by atoms with Crippen molar-refractivity contribution in [2.75, 3.05) is 25.4 Å². The number of nitrogen functional groups attached to an aromatic ring is 1. The second-order valence-electron chi connectivity index (χ2n) is 9.85. The summed E-state index contributed by atoms with van der Waals surface area (Å²) in [7, 11) is 0. The summed E-state index contributed by atoms with van der Waals surface area (Å²) >= 11 is 0. The molecule has 0 saturated carbocycles. The summed E-state index contributed by atoms with van der Waals surface area (Å²) in [6.07, 6.45) is -1.97. The molecule has 0 bridgehead atoms. The summed E-state index contributed by atoms with van der Waals surface area (Å²) in [4.78, 5) is 39.8. The van der Waals surface area contributed by atoms with Crippen molar-refractivity contribution in [3.05, 3.63) is 48.0 Å². The molecular weight excluding hydrogens is 506 g/mol. The highest BCUT2D eigenvalue weighted by Gasteiger charge is 2.47. The molecule has 5 N–H and O–H groups in total. The van der Waals surface area contributed by atoms with Crippen molar-refractivity contribution >= 4 is 29.0 Å². The Balaban J connectivity index is 1.23. The number of anilines is 1. The predicted octanol–water partition coefficient (Wildman–Crippen LogP) is 0.755. The van der Waals surface area contributed by atoms with Gasteiger partial charge in [0.2, 0.25) is 0 Å². The lowest BCUT2D eigenvalue weighted by atomic mass is 9.93. The normalized spacial score (nSPS) is 23.7. The minimum Gasteiger partial charge on any atom is -0.445 e. The van der Waals surface area contributed by atoms with E-state index >= 15 is 0 Å². The zero-order valence-corrected chi connectivity index (χ0v) is 21.6. The lowest BCUT2D eigenvalue weighted by molar-refractivity contribution is -0.137. The maximum atomic E-state index is 12.5. The van der Waals surface area contributed by atoms with E-state index in [2.05, 4.69) is 20.3 Å². The first-order chi connectivity index (χ1) is 18.9. The Morgan fingerprint density at radius 1 is 1.15 bits per heavy atom. The fourth-order valence-corrected chi connectivity index (χ4v) is 5.03. The van der Waals surface area contributed by atoms with E-state index < -0.39 is 30.4 Å². The van der Waals surface area contributed by atoms with Gasteiger partial charge in [0.1, 0.15) is 30.2 Å². The predicted molar refractivity (Wildman–Crippen MR) is 139 cm³/mol. The van der Waals surface area contributed by atoms with Gasteiger partial charge in [0, 0.05) is 26.1 Å². The molecule has 13 nitrogen and oxygen atoms in total. The van der Waals surface area contributed by atoms with Gasteiger partial charge in [-0.1, -0.05) is 30.3 Å². The number of benzene rings is 1. The molecule has 3 aromatic rings. The third-order valence-corrected chi connectivity index (χ3v) is 7.17. The zero-order valence-electron chi connectivity index (χ0n) is 21.6. The van der Waals surface area contributed by atoms with Crippen molar-refractivity contribution in [3.8, 4) is 0 Å². The van der Waals surface area contributed by atoms with Crippen LogP contribution in [0.4, 0.5) is 10.6 Å². The number of hydrogen-bond donors (Lipinski definition) is 4. The van der Waals surface area contributed by atoms with E-state index in [1.807, 2.05) is 30.3 Å². The molecule has 1 unspecified atom stereocenters. The molecule has 2 fully saturated rings. The number of aromatic nitrogens is 4. The van der Waals surface area contributed by atoms with Crippen LogP contribution in [0, 0.1) is 5.92 Å². The van der Waals surface area contributed by atoms with Crippen molar-refractivity contribution in [2.24, 2.45) is 5.92 Å². The van der Waals surface area contributed by atoms with Crippen LogP contribution in [0.15, 0.2) is 36.7 Å². The van der Waals surface area contributed by atoms with Crippen molar-refractivity contribution in [1.29, 1.82) is 0 Å². The van der Waals surface area contributed by atoms with Crippen LogP contribution < -0.4 is 11.1 Å². The van der Waals surface area contributed by atoms with Gasteiger partial charge in [-0.25, -0.2) is 19.7 Å².